The molecule has 0 aliphatic rings. The van der Waals surface area contributed by atoms with E-state index in [1.807, 2.05) is 38.1 Å². The summed E-state index contributed by atoms with van der Waals surface area (Å²) in [5, 5.41) is 0. The maximum atomic E-state index is 10.9. The summed E-state index contributed by atoms with van der Waals surface area (Å²) in [4.78, 5) is 21.8. The molecule has 5 heteroatoms. The largest absolute Gasteiger partial charge is 0.417 e. The van der Waals surface area contributed by atoms with Gasteiger partial charge in [-0.05, 0) is 29.2 Å². The third-order valence-corrected chi connectivity index (χ3v) is 3.52. The van der Waals surface area contributed by atoms with Gasteiger partial charge in [-0.2, -0.15) is 0 Å². The molecule has 142 valence electrons. The average molecular weight is 357 g/mol. The summed E-state index contributed by atoms with van der Waals surface area (Å²) < 4.78 is 4.99. The van der Waals surface area contributed by atoms with Crippen LogP contribution in [0, 0.1) is 0 Å². The molecule has 0 atom stereocenters. The fraction of sp³-hybridized carbons (Fsp3) is 0.476. The minimum absolute atomic E-state index is 0.0707. The number of benzene rings is 1. The summed E-state index contributed by atoms with van der Waals surface area (Å²) in [7, 11) is 0. The Bertz CT molecular complexity index is 851. The van der Waals surface area contributed by atoms with E-state index in [4.69, 9.17) is 4.42 Å². The van der Waals surface area contributed by atoms with E-state index in [9.17, 15) is 4.79 Å². The highest BCUT2D eigenvalue weighted by atomic mass is 16.4. The van der Waals surface area contributed by atoms with Crippen molar-refractivity contribution in [2.75, 3.05) is 0 Å². The van der Waals surface area contributed by atoms with Crippen LogP contribution in [0.5, 0.6) is 0 Å². The Hall–Kier alpha value is -2.43. The molecule has 0 saturated carbocycles. The lowest BCUT2D eigenvalue weighted by molar-refractivity contribution is 0.545. The van der Waals surface area contributed by atoms with E-state index in [1.165, 1.54) is 0 Å². The van der Waals surface area contributed by atoms with E-state index >= 15 is 0 Å². The third-order valence-electron chi connectivity index (χ3n) is 3.52. The Morgan fingerprint density at radius 2 is 1.50 bits per heavy atom. The first-order chi connectivity index (χ1) is 12.1. The van der Waals surface area contributed by atoms with Crippen LogP contribution in [0.3, 0.4) is 0 Å². The SMILES string of the molecule is CC.CC(C)(C)c1ccc2[nH]c(=O)oc2c1.CC(C)(C)c1ncccn1. The second-order valence-electron chi connectivity index (χ2n) is 7.80. The topological polar surface area (TPSA) is 71.8 Å². The lowest BCUT2D eigenvalue weighted by atomic mass is 9.87. The number of hydrogen-bond donors (Lipinski definition) is 1. The van der Waals surface area contributed by atoms with Crippen molar-refractivity contribution in [3.8, 4) is 0 Å². The minimum Gasteiger partial charge on any atom is -0.408 e. The number of rotatable bonds is 0. The molecule has 1 aromatic carbocycles. The summed E-state index contributed by atoms with van der Waals surface area (Å²) in [5.74, 6) is 0.501. The molecule has 0 radical (unpaired) electrons. The summed E-state index contributed by atoms with van der Waals surface area (Å²) in [5.41, 5.74) is 2.68. The Balaban J connectivity index is 0.000000249. The van der Waals surface area contributed by atoms with Gasteiger partial charge in [0.25, 0.3) is 0 Å². The molecule has 3 rings (SSSR count). The van der Waals surface area contributed by atoms with Gasteiger partial charge < -0.3 is 4.42 Å². The van der Waals surface area contributed by atoms with Crippen molar-refractivity contribution in [2.24, 2.45) is 0 Å². The van der Waals surface area contributed by atoms with Crippen molar-refractivity contribution in [3.63, 3.8) is 0 Å². The van der Waals surface area contributed by atoms with Gasteiger partial charge >= 0.3 is 5.76 Å². The van der Waals surface area contributed by atoms with Crippen LogP contribution in [-0.2, 0) is 10.8 Å². The maximum Gasteiger partial charge on any atom is 0.417 e. The molecule has 0 bridgehead atoms. The first-order valence-corrected chi connectivity index (χ1v) is 8.98. The van der Waals surface area contributed by atoms with Crippen LogP contribution in [0.25, 0.3) is 11.1 Å². The van der Waals surface area contributed by atoms with Crippen molar-refractivity contribution < 1.29 is 4.42 Å². The standard InChI is InChI=1S/C11H13NO2.C8H12N2.C2H6/c1-11(2,3)7-4-5-8-9(6-7)14-10(13)12-8;1-8(2,3)7-9-5-4-6-10-7;1-2/h4-6H,1-3H3,(H,12,13);4-6H,1-3H3;1-2H3. The number of nitrogens with zero attached hydrogens (tertiary/aromatic N) is 2. The Morgan fingerprint density at radius 1 is 0.923 bits per heavy atom. The monoisotopic (exact) mass is 357 g/mol. The maximum absolute atomic E-state index is 10.9. The summed E-state index contributed by atoms with van der Waals surface area (Å²) in [6, 6.07) is 7.62. The molecule has 0 saturated heterocycles. The number of fused-ring (bicyclic) bond motifs is 1. The van der Waals surface area contributed by atoms with Crippen LogP contribution >= 0.6 is 0 Å². The first kappa shape index (κ1) is 21.6. The lowest BCUT2D eigenvalue weighted by Gasteiger charge is -2.18. The van der Waals surface area contributed by atoms with E-state index in [0.717, 1.165) is 16.9 Å². The lowest BCUT2D eigenvalue weighted by Crippen LogP contribution is -2.14. The molecule has 2 aromatic heterocycles. The van der Waals surface area contributed by atoms with E-state index < -0.39 is 5.76 Å². The van der Waals surface area contributed by atoms with Crippen LogP contribution in [0.2, 0.25) is 0 Å². The molecule has 5 nitrogen and oxygen atoms in total. The van der Waals surface area contributed by atoms with Crippen molar-refractivity contribution in [1.29, 1.82) is 0 Å². The molecule has 3 aromatic rings. The predicted molar refractivity (Wildman–Crippen MR) is 108 cm³/mol. The number of H-pyrrole nitrogens is 1. The molecule has 0 amide bonds. The van der Waals surface area contributed by atoms with Crippen LogP contribution in [0.4, 0.5) is 0 Å². The molecule has 2 heterocycles. The molecule has 0 fully saturated rings. The van der Waals surface area contributed by atoms with E-state index in [-0.39, 0.29) is 10.8 Å². The van der Waals surface area contributed by atoms with E-state index in [2.05, 4.69) is 56.5 Å². The smallest absolute Gasteiger partial charge is 0.408 e. The Morgan fingerprint density at radius 3 is 1.96 bits per heavy atom. The number of nitrogens with one attached hydrogen (secondary N) is 1. The predicted octanol–water partition coefficient (Wildman–Crippen LogP) is 5.22. The van der Waals surface area contributed by atoms with Gasteiger partial charge in [-0.15, -0.1) is 0 Å². The molecule has 0 unspecified atom stereocenters. The quantitative estimate of drug-likeness (QED) is 0.599. The van der Waals surface area contributed by atoms with Gasteiger partial charge in [0, 0.05) is 17.8 Å². The number of hydrogen-bond acceptors (Lipinski definition) is 4. The second-order valence-corrected chi connectivity index (χ2v) is 7.80. The summed E-state index contributed by atoms with van der Waals surface area (Å²) in [6.07, 6.45) is 3.54. The molecular weight excluding hydrogens is 326 g/mol. The van der Waals surface area contributed by atoms with Crippen LogP contribution in [0.15, 0.2) is 45.9 Å². The minimum atomic E-state index is -0.397. The molecule has 0 aliphatic heterocycles. The van der Waals surface area contributed by atoms with Crippen molar-refractivity contribution in [3.05, 3.63) is 58.6 Å². The van der Waals surface area contributed by atoms with Gasteiger partial charge in [0.2, 0.25) is 0 Å². The highest BCUT2D eigenvalue weighted by Gasteiger charge is 2.15. The van der Waals surface area contributed by atoms with Gasteiger partial charge in [-0.3, -0.25) is 4.98 Å². The van der Waals surface area contributed by atoms with Gasteiger partial charge in [0.1, 0.15) is 5.82 Å². The van der Waals surface area contributed by atoms with Crippen LogP contribution in [-0.4, -0.2) is 15.0 Å². The zero-order valence-corrected chi connectivity index (χ0v) is 17.2. The molecule has 26 heavy (non-hydrogen) atoms. The molecule has 1 N–H and O–H groups in total. The van der Waals surface area contributed by atoms with Gasteiger partial charge in [0.05, 0.1) is 5.52 Å². The molecular formula is C21H31N3O2. The third kappa shape index (κ3) is 6.14. The van der Waals surface area contributed by atoms with Crippen LogP contribution < -0.4 is 5.76 Å². The normalized spacial score (nSPS) is 11.2. The zero-order chi connectivity index (χ0) is 20.0. The fourth-order valence-corrected chi connectivity index (χ4v) is 2.10. The molecule has 0 spiro atoms. The highest BCUT2D eigenvalue weighted by Crippen LogP contribution is 2.24. The second kappa shape index (κ2) is 8.79. The van der Waals surface area contributed by atoms with Gasteiger partial charge in [-0.1, -0.05) is 61.5 Å². The van der Waals surface area contributed by atoms with Gasteiger partial charge in [0.15, 0.2) is 5.58 Å². The van der Waals surface area contributed by atoms with Crippen molar-refractivity contribution in [2.45, 2.75) is 66.2 Å². The average Bonchev–Trinajstić information content (AvgIpc) is 2.96. The van der Waals surface area contributed by atoms with Gasteiger partial charge in [-0.25, -0.2) is 14.8 Å². The van der Waals surface area contributed by atoms with Crippen LogP contribution in [0.1, 0.15) is 66.8 Å². The number of oxazole rings is 1. The van der Waals surface area contributed by atoms with E-state index in [1.54, 1.807) is 12.4 Å². The van der Waals surface area contributed by atoms with Crippen molar-refractivity contribution >= 4 is 11.1 Å². The zero-order valence-electron chi connectivity index (χ0n) is 17.2. The fourth-order valence-electron chi connectivity index (χ4n) is 2.10. The Kier molecular flexibility index (Phi) is 7.30. The van der Waals surface area contributed by atoms with Crippen molar-refractivity contribution in [1.82, 2.24) is 15.0 Å². The summed E-state index contributed by atoms with van der Waals surface area (Å²) >= 11 is 0. The highest BCUT2D eigenvalue weighted by molar-refractivity contribution is 5.73. The van der Waals surface area contributed by atoms with E-state index in [0.29, 0.717) is 5.58 Å². The number of aromatic nitrogens is 3. The first-order valence-electron chi connectivity index (χ1n) is 8.98. The number of aromatic amines is 1. The Labute approximate surface area is 155 Å². The summed E-state index contributed by atoms with van der Waals surface area (Å²) in [6.45, 7) is 16.7. The molecule has 0 aliphatic carbocycles.